The molecule has 2 aromatic carbocycles. The van der Waals surface area contributed by atoms with Gasteiger partial charge in [0.25, 0.3) is 0 Å². The number of thioether (sulfide) groups is 1. The summed E-state index contributed by atoms with van der Waals surface area (Å²) >= 11 is 8.91. The second-order valence-electron chi connectivity index (χ2n) is 6.12. The van der Waals surface area contributed by atoms with Gasteiger partial charge < -0.3 is 0 Å². The Morgan fingerprint density at radius 3 is 2.70 bits per heavy atom. The lowest BCUT2D eigenvalue weighted by molar-refractivity contribution is -0.126. The van der Waals surface area contributed by atoms with E-state index in [0.29, 0.717) is 10.6 Å². The third-order valence-corrected chi connectivity index (χ3v) is 6.57. The summed E-state index contributed by atoms with van der Waals surface area (Å²) in [5.41, 5.74) is 1.47. The number of benzene rings is 2. The number of hydrogen-bond acceptors (Lipinski definition) is 5. The van der Waals surface area contributed by atoms with E-state index in [1.54, 1.807) is 40.5 Å². The van der Waals surface area contributed by atoms with E-state index in [4.69, 9.17) is 11.6 Å². The Kier molecular flexibility index (Phi) is 5.04. The van der Waals surface area contributed by atoms with Crippen LogP contribution >= 0.6 is 34.7 Å². The van der Waals surface area contributed by atoms with Crippen molar-refractivity contribution in [1.29, 1.82) is 0 Å². The second-order valence-corrected chi connectivity index (χ2v) is 8.98. The molecule has 0 bridgehead atoms. The molecule has 1 amide bonds. The predicted octanol–water partition coefficient (Wildman–Crippen LogP) is 5.09. The van der Waals surface area contributed by atoms with Crippen molar-refractivity contribution in [2.75, 3.05) is 6.54 Å². The smallest absolute Gasteiger partial charge is 0.241 e. The van der Waals surface area contributed by atoms with E-state index in [1.807, 2.05) is 37.3 Å². The lowest BCUT2D eigenvalue weighted by atomic mass is 10.1. The topological polar surface area (TPSA) is 50.3 Å². The molecule has 136 valence electrons. The fourth-order valence-electron chi connectivity index (χ4n) is 2.82. The van der Waals surface area contributed by atoms with Crippen molar-refractivity contribution in [1.82, 2.24) is 9.88 Å². The molecular formula is C20H15ClN2O2S2. The number of Topliss-reactive ketones (excluding diaryl/α,β-unsaturated/α-hetero) is 1. The van der Waals surface area contributed by atoms with Crippen LogP contribution in [0.1, 0.15) is 22.3 Å². The molecule has 3 aromatic rings. The molecule has 1 aromatic heterocycles. The Labute approximate surface area is 169 Å². The van der Waals surface area contributed by atoms with Gasteiger partial charge in [-0.05, 0) is 43.3 Å². The van der Waals surface area contributed by atoms with Gasteiger partial charge in [-0.3, -0.25) is 14.5 Å². The highest BCUT2D eigenvalue weighted by Crippen LogP contribution is 2.37. The molecule has 1 aliphatic heterocycles. The third kappa shape index (κ3) is 3.78. The van der Waals surface area contributed by atoms with Gasteiger partial charge in [0.05, 0.1) is 27.0 Å². The monoisotopic (exact) mass is 414 g/mol. The van der Waals surface area contributed by atoms with Gasteiger partial charge in [-0.2, -0.15) is 0 Å². The van der Waals surface area contributed by atoms with Crippen molar-refractivity contribution in [3.63, 3.8) is 0 Å². The Morgan fingerprint density at radius 1 is 1.22 bits per heavy atom. The third-order valence-electron chi connectivity index (χ3n) is 4.20. The highest BCUT2D eigenvalue weighted by atomic mass is 35.5. The number of para-hydroxylation sites is 1. The van der Waals surface area contributed by atoms with Gasteiger partial charge in [0.2, 0.25) is 5.91 Å². The summed E-state index contributed by atoms with van der Waals surface area (Å²) in [7, 11) is 0. The minimum absolute atomic E-state index is 0.00847. The van der Waals surface area contributed by atoms with Gasteiger partial charge in [0.1, 0.15) is 5.01 Å². The van der Waals surface area contributed by atoms with Gasteiger partial charge >= 0.3 is 0 Å². The number of carbonyl (C=O) groups excluding carboxylic acids is 2. The van der Waals surface area contributed by atoms with Crippen LogP contribution < -0.4 is 0 Å². The van der Waals surface area contributed by atoms with Crippen LogP contribution in [0.2, 0.25) is 5.02 Å². The Balaban J connectivity index is 1.61. The molecule has 0 aliphatic carbocycles. The molecule has 4 rings (SSSR count). The van der Waals surface area contributed by atoms with Gasteiger partial charge in [-0.25, -0.2) is 4.98 Å². The first-order valence-corrected chi connectivity index (χ1v) is 10.4. The molecule has 0 radical (unpaired) electrons. The van der Waals surface area contributed by atoms with E-state index in [9.17, 15) is 9.59 Å². The molecule has 27 heavy (non-hydrogen) atoms. The summed E-state index contributed by atoms with van der Waals surface area (Å²) in [5, 5.41) is 1.94. The number of amides is 1. The maximum atomic E-state index is 12.6. The number of ketones is 1. The van der Waals surface area contributed by atoms with Crippen LogP contribution in [0.5, 0.6) is 0 Å². The highest BCUT2D eigenvalue weighted by Gasteiger charge is 2.35. The normalized spacial score (nSPS) is 18.6. The molecule has 0 N–H and O–H groups in total. The van der Waals surface area contributed by atoms with Crippen LogP contribution in [0.4, 0.5) is 0 Å². The van der Waals surface area contributed by atoms with Crippen LogP contribution in [-0.2, 0) is 4.79 Å². The molecule has 7 heteroatoms. The van der Waals surface area contributed by atoms with E-state index >= 15 is 0 Å². The molecule has 1 atom stereocenters. The standard InChI is InChI=1S/C20H15ClN2O2S2/c1-12-20(25)23(11-16(24)13-6-8-14(21)9-7-13)19(26-12)10-18-22-15-4-2-3-5-17(15)27-18/h2-10,12H,11H2,1H3/b19-10-/t12-/m0/s1. The predicted molar refractivity (Wildman–Crippen MR) is 112 cm³/mol. The van der Waals surface area contributed by atoms with Crippen LogP contribution in [-0.4, -0.2) is 33.4 Å². The first-order chi connectivity index (χ1) is 13.0. The van der Waals surface area contributed by atoms with Crippen molar-refractivity contribution < 1.29 is 9.59 Å². The first kappa shape index (κ1) is 18.2. The molecule has 4 nitrogen and oxygen atoms in total. The van der Waals surface area contributed by atoms with Crippen LogP contribution in [0.3, 0.4) is 0 Å². The van der Waals surface area contributed by atoms with Crippen LogP contribution in [0.15, 0.2) is 53.6 Å². The number of fused-ring (bicyclic) bond motifs is 1. The van der Waals surface area contributed by atoms with Gasteiger partial charge in [0, 0.05) is 16.7 Å². The van der Waals surface area contributed by atoms with Crippen LogP contribution in [0, 0.1) is 0 Å². The van der Waals surface area contributed by atoms with Crippen molar-refractivity contribution in [2.45, 2.75) is 12.2 Å². The zero-order chi connectivity index (χ0) is 19.0. The minimum atomic E-state index is -0.219. The maximum Gasteiger partial charge on any atom is 0.241 e. The van der Waals surface area contributed by atoms with Crippen molar-refractivity contribution in [2.24, 2.45) is 0 Å². The van der Waals surface area contributed by atoms with Crippen LogP contribution in [0.25, 0.3) is 16.3 Å². The van der Waals surface area contributed by atoms with Crippen molar-refractivity contribution in [3.05, 3.63) is 69.2 Å². The lowest BCUT2D eigenvalue weighted by Gasteiger charge is -2.16. The number of aromatic nitrogens is 1. The molecule has 2 heterocycles. The zero-order valence-corrected chi connectivity index (χ0v) is 16.8. The van der Waals surface area contributed by atoms with Gasteiger partial charge in [0.15, 0.2) is 5.78 Å². The molecule has 1 saturated heterocycles. The molecule has 0 saturated carbocycles. The van der Waals surface area contributed by atoms with Crippen molar-refractivity contribution in [3.8, 4) is 0 Å². The quantitative estimate of drug-likeness (QED) is 0.557. The average Bonchev–Trinajstić information content (AvgIpc) is 3.18. The number of carbonyl (C=O) groups is 2. The minimum Gasteiger partial charge on any atom is -0.298 e. The Bertz CT molecular complexity index is 1030. The van der Waals surface area contributed by atoms with Gasteiger partial charge in [-0.15, -0.1) is 11.3 Å². The number of halogens is 1. The fourth-order valence-corrected chi connectivity index (χ4v) is 4.98. The van der Waals surface area contributed by atoms with E-state index in [-0.39, 0.29) is 23.5 Å². The number of nitrogens with zero attached hydrogens (tertiary/aromatic N) is 2. The number of rotatable bonds is 4. The maximum absolute atomic E-state index is 12.6. The van der Waals surface area contributed by atoms with E-state index < -0.39 is 0 Å². The Morgan fingerprint density at radius 2 is 1.96 bits per heavy atom. The number of hydrogen-bond donors (Lipinski definition) is 0. The Hall–Kier alpha value is -2.15. The molecule has 1 aliphatic rings. The molecule has 0 spiro atoms. The first-order valence-electron chi connectivity index (χ1n) is 8.35. The molecule has 1 fully saturated rings. The van der Waals surface area contributed by atoms with E-state index in [2.05, 4.69) is 4.98 Å². The fraction of sp³-hybridized carbons (Fsp3) is 0.150. The summed E-state index contributed by atoms with van der Waals surface area (Å²) < 4.78 is 1.09. The molecule has 0 unspecified atom stereocenters. The highest BCUT2D eigenvalue weighted by molar-refractivity contribution is 8.04. The zero-order valence-electron chi connectivity index (χ0n) is 14.4. The summed E-state index contributed by atoms with van der Waals surface area (Å²) in [6.07, 6.45) is 1.89. The summed E-state index contributed by atoms with van der Waals surface area (Å²) in [6, 6.07) is 14.6. The van der Waals surface area contributed by atoms with E-state index in [0.717, 1.165) is 20.3 Å². The molecular weight excluding hydrogens is 400 g/mol. The average molecular weight is 415 g/mol. The summed E-state index contributed by atoms with van der Waals surface area (Å²) in [5.74, 6) is -0.181. The SMILES string of the molecule is C[C@@H]1S/C(=C\c2nc3ccccc3s2)N(CC(=O)c2ccc(Cl)cc2)C1=O. The second kappa shape index (κ2) is 7.46. The van der Waals surface area contributed by atoms with Crippen molar-refractivity contribution >= 4 is 62.7 Å². The largest absolute Gasteiger partial charge is 0.298 e. The van der Waals surface area contributed by atoms with E-state index in [1.165, 1.54) is 11.8 Å². The lowest BCUT2D eigenvalue weighted by Crippen LogP contribution is -2.32. The van der Waals surface area contributed by atoms with Gasteiger partial charge in [-0.1, -0.05) is 35.5 Å². The summed E-state index contributed by atoms with van der Waals surface area (Å²) in [4.78, 5) is 31.3. The summed E-state index contributed by atoms with van der Waals surface area (Å²) in [6.45, 7) is 1.86. The number of thiazole rings is 1.